The Morgan fingerprint density at radius 1 is 0.917 bits per heavy atom. The maximum atomic E-state index is 13.5. The number of hydrogen-bond acceptors (Lipinski definition) is 3. The number of ether oxygens (including phenoxy) is 1. The third kappa shape index (κ3) is 6.49. The molecule has 24 heavy (non-hydrogen) atoms. The number of anilines is 2. The van der Waals surface area contributed by atoms with Crippen molar-refractivity contribution in [1.29, 1.82) is 0 Å². The molecule has 4 heteroatoms. The molecule has 0 unspecified atom stereocenters. The number of para-hydroxylation sites is 1. The highest BCUT2D eigenvalue weighted by Crippen LogP contribution is 2.18. The van der Waals surface area contributed by atoms with Crippen LogP contribution >= 0.6 is 0 Å². The van der Waals surface area contributed by atoms with Gasteiger partial charge in [0, 0.05) is 24.8 Å². The van der Waals surface area contributed by atoms with Crippen molar-refractivity contribution in [1.82, 2.24) is 0 Å². The molecular formula is C20H27FN2O. The maximum absolute atomic E-state index is 13.5. The fraction of sp³-hybridized carbons (Fsp3) is 0.400. The zero-order chi connectivity index (χ0) is 17.0. The number of unbranched alkanes of at least 4 members (excludes halogenated alkanes) is 3. The Balaban J connectivity index is 1.69. The highest BCUT2D eigenvalue weighted by molar-refractivity contribution is 5.49. The van der Waals surface area contributed by atoms with E-state index in [0.29, 0.717) is 18.8 Å². The van der Waals surface area contributed by atoms with Gasteiger partial charge in [0.2, 0.25) is 0 Å². The van der Waals surface area contributed by atoms with Gasteiger partial charge < -0.3 is 15.4 Å². The Morgan fingerprint density at radius 3 is 2.58 bits per heavy atom. The minimum Gasteiger partial charge on any atom is -0.494 e. The van der Waals surface area contributed by atoms with E-state index in [0.717, 1.165) is 24.5 Å². The third-order valence-electron chi connectivity index (χ3n) is 3.74. The van der Waals surface area contributed by atoms with Crippen molar-refractivity contribution in [3.8, 4) is 5.75 Å². The zero-order valence-electron chi connectivity index (χ0n) is 14.4. The Labute approximate surface area is 144 Å². The summed E-state index contributed by atoms with van der Waals surface area (Å²) < 4.78 is 19.3. The molecule has 0 fully saturated rings. The Bertz CT molecular complexity index is 604. The summed E-state index contributed by atoms with van der Waals surface area (Å²) in [5, 5.41) is 6.40. The molecule has 0 atom stereocenters. The average Bonchev–Trinajstić information content (AvgIpc) is 2.60. The summed E-state index contributed by atoms with van der Waals surface area (Å²) >= 11 is 0. The monoisotopic (exact) mass is 330 g/mol. The van der Waals surface area contributed by atoms with E-state index in [1.165, 1.54) is 25.3 Å². The number of rotatable bonds is 11. The van der Waals surface area contributed by atoms with Crippen LogP contribution in [0.2, 0.25) is 0 Å². The molecule has 2 rings (SSSR count). The summed E-state index contributed by atoms with van der Waals surface area (Å²) in [4.78, 5) is 0. The lowest BCUT2D eigenvalue weighted by Crippen LogP contribution is -2.14. The van der Waals surface area contributed by atoms with E-state index in [1.54, 1.807) is 12.1 Å². The van der Waals surface area contributed by atoms with Gasteiger partial charge in [0.15, 0.2) is 0 Å². The van der Waals surface area contributed by atoms with Crippen LogP contribution in [0.25, 0.3) is 0 Å². The summed E-state index contributed by atoms with van der Waals surface area (Å²) in [5.41, 5.74) is 1.54. The molecule has 2 aromatic carbocycles. The first-order valence-electron chi connectivity index (χ1n) is 8.74. The molecule has 2 N–H and O–H groups in total. The predicted molar refractivity (Wildman–Crippen MR) is 99.5 cm³/mol. The number of benzene rings is 2. The van der Waals surface area contributed by atoms with Gasteiger partial charge in [0.25, 0.3) is 0 Å². The summed E-state index contributed by atoms with van der Waals surface area (Å²) in [6.45, 7) is 4.31. The Hall–Kier alpha value is -2.23. The summed E-state index contributed by atoms with van der Waals surface area (Å²) in [7, 11) is 0. The Kier molecular flexibility index (Phi) is 7.94. The van der Waals surface area contributed by atoms with E-state index in [1.807, 2.05) is 30.3 Å². The predicted octanol–water partition coefficient (Wildman–Crippen LogP) is 5.31. The number of halogens is 1. The Morgan fingerprint density at radius 2 is 1.75 bits per heavy atom. The first-order chi connectivity index (χ1) is 11.8. The van der Waals surface area contributed by atoms with Gasteiger partial charge in [-0.05, 0) is 30.7 Å². The molecule has 0 amide bonds. The molecule has 0 aliphatic rings. The van der Waals surface area contributed by atoms with Crippen LogP contribution in [-0.2, 0) is 0 Å². The molecule has 0 radical (unpaired) electrons. The standard InChI is InChI=1S/C20H27FN2O/c1-2-3-4-7-15-24-18-10-8-9-17(16-18)22-13-14-23-20-12-6-5-11-19(20)21/h5-6,8-12,16,22-23H,2-4,7,13-15H2,1H3. The molecule has 0 aliphatic carbocycles. The van der Waals surface area contributed by atoms with Crippen LogP contribution in [0.15, 0.2) is 48.5 Å². The molecule has 0 saturated carbocycles. The summed E-state index contributed by atoms with van der Waals surface area (Å²) in [6, 6.07) is 14.7. The largest absolute Gasteiger partial charge is 0.494 e. The van der Waals surface area contributed by atoms with Gasteiger partial charge in [0.1, 0.15) is 11.6 Å². The van der Waals surface area contributed by atoms with E-state index in [4.69, 9.17) is 4.74 Å². The first-order valence-corrected chi connectivity index (χ1v) is 8.74. The minimum atomic E-state index is -0.226. The van der Waals surface area contributed by atoms with Crippen LogP contribution < -0.4 is 15.4 Å². The lowest BCUT2D eigenvalue weighted by atomic mass is 10.2. The van der Waals surface area contributed by atoms with Crippen LogP contribution in [0.3, 0.4) is 0 Å². The van der Waals surface area contributed by atoms with Gasteiger partial charge >= 0.3 is 0 Å². The van der Waals surface area contributed by atoms with Crippen molar-refractivity contribution >= 4 is 11.4 Å². The zero-order valence-corrected chi connectivity index (χ0v) is 14.4. The number of hydrogen-bond donors (Lipinski definition) is 2. The second-order valence-electron chi connectivity index (χ2n) is 5.77. The van der Waals surface area contributed by atoms with Crippen molar-refractivity contribution in [3.05, 3.63) is 54.3 Å². The van der Waals surface area contributed by atoms with Crippen molar-refractivity contribution in [2.45, 2.75) is 32.6 Å². The van der Waals surface area contributed by atoms with Gasteiger partial charge in [-0.1, -0.05) is 44.4 Å². The topological polar surface area (TPSA) is 33.3 Å². The van der Waals surface area contributed by atoms with Gasteiger partial charge in [-0.2, -0.15) is 0 Å². The fourth-order valence-corrected chi connectivity index (χ4v) is 2.42. The lowest BCUT2D eigenvalue weighted by Gasteiger charge is -2.11. The molecule has 0 bridgehead atoms. The summed E-state index contributed by atoms with van der Waals surface area (Å²) in [6.07, 6.45) is 4.81. The van der Waals surface area contributed by atoms with Crippen LogP contribution in [-0.4, -0.2) is 19.7 Å². The lowest BCUT2D eigenvalue weighted by molar-refractivity contribution is 0.305. The third-order valence-corrected chi connectivity index (χ3v) is 3.74. The van der Waals surface area contributed by atoms with E-state index in [-0.39, 0.29) is 5.82 Å². The molecule has 130 valence electrons. The van der Waals surface area contributed by atoms with Gasteiger partial charge in [-0.15, -0.1) is 0 Å². The summed E-state index contributed by atoms with van der Waals surface area (Å²) in [5.74, 6) is 0.662. The van der Waals surface area contributed by atoms with E-state index in [2.05, 4.69) is 17.6 Å². The highest BCUT2D eigenvalue weighted by Gasteiger charge is 2.00. The molecule has 0 spiro atoms. The molecule has 0 heterocycles. The highest BCUT2D eigenvalue weighted by atomic mass is 19.1. The SMILES string of the molecule is CCCCCCOc1cccc(NCCNc2ccccc2F)c1. The maximum Gasteiger partial charge on any atom is 0.146 e. The normalized spacial score (nSPS) is 10.4. The van der Waals surface area contributed by atoms with Crippen molar-refractivity contribution in [2.75, 3.05) is 30.3 Å². The van der Waals surface area contributed by atoms with E-state index >= 15 is 0 Å². The second kappa shape index (κ2) is 10.5. The van der Waals surface area contributed by atoms with Crippen molar-refractivity contribution in [2.24, 2.45) is 0 Å². The molecule has 0 saturated heterocycles. The van der Waals surface area contributed by atoms with Gasteiger partial charge in [-0.3, -0.25) is 0 Å². The van der Waals surface area contributed by atoms with E-state index in [9.17, 15) is 4.39 Å². The first kappa shape index (κ1) is 18.1. The number of nitrogens with one attached hydrogen (secondary N) is 2. The molecule has 0 aliphatic heterocycles. The smallest absolute Gasteiger partial charge is 0.146 e. The van der Waals surface area contributed by atoms with Crippen LogP contribution in [0.5, 0.6) is 5.75 Å². The van der Waals surface area contributed by atoms with Gasteiger partial charge in [0.05, 0.1) is 12.3 Å². The van der Waals surface area contributed by atoms with Crippen molar-refractivity contribution < 1.29 is 9.13 Å². The molecule has 0 aromatic heterocycles. The van der Waals surface area contributed by atoms with E-state index < -0.39 is 0 Å². The molecule has 3 nitrogen and oxygen atoms in total. The second-order valence-corrected chi connectivity index (χ2v) is 5.77. The minimum absolute atomic E-state index is 0.226. The molecule has 2 aromatic rings. The molecular weight excluding hydrogens is 303 g/mol. The quantitative estimate of drug-likeness (QED) is 0.548. The van der Waals surface area contributed by atoms with Crippen LogP contribution in [0.1, 0.15) is 32.6 Å². The van der Waals surface area contributed by atoms with Crippen LogP contribution in [0, 0.1) is 5.82 Å². The average molecular weight is 330 g/mol. The fourth-order valence-electron chi connectivity index (χ4n) is 2.42. The van der Waals surface area contributed by atoms with Crippen LogP contribution in [0.4, 0.5) is 15.8 Å². The van der Waals surface area contributed by atoms with Crippen molar-refractivity contribution in [3.63, 3.8) is 0 Å². The van der Waals surface area contributed by atoms with Gasteiger partial charge in [-0.25, -0.2) is 4.39 Å².